The van der Waals surface area contributed by atoms with E-state index in [1.165, 1.54) is 5.56 Å². The highest BCUT2D eigenvalue weighted by Gasteiger charge is 2.54. The summed E-state index contributed by atoms with van der Waals surface area (Å²) >= 11 is 0. The van der Waals surface area contributed by atoms with Crippen LogP contribution >= 0.6 is 0 Å². The molecule has 4 nitrogen and oxygen atoms in total. The molecule has 3 rings (SSSR count). The van der Waals surface area contributed by atoms with Crippen LogP contribution in [0.15, 0.2) is 24.3 Å². The van der Waals surface area contributed by atoms with E-state index in [9.17, 15) is 14.7 Å². The van der Waals surface area contributed by atoms with Gasteiger partial charge in [-0.1, -0.05) is 31.2 Å². The van der Waals surface area contributed by atoms with Gasteiger partial charge in [-0.15, -0.1) is 0 Å². The van der Waals surface area contributed by atoms with Crippen molar-refractivity contribution in [1.29, 1.82) is 0 Å². The summed E-state index contributed by atoms with van der Waals surface area (Å²) in [5, 5.41) is 12.5. The molecule has 1 aromatic carbocycles. The van der Waals surface area contributed by atoms with Crippen LogP contribution < -0.4 is 5.32 Å². The highest BCUT2D eigenvalue weighted by Crippen LogP contribution is 2.52. The second kappa shape index (κ2) is 6.34. The number of benzene rings is 1. The van der Waals surface area contributed by atoms with Crippen LogP contribution in [0, 0.1) is 23.7 Å². The number of carboxylic acids is 1. The lowest BCUT2D eigenvalue weighted by Crippen LogP contribution is -2.42. The van der Waals surface area contributed by atoms with Gasteiger partial charge >= 0.3 is 5.97 Å². The summed E-state index contributed by atoms with van der Waals surface area (Å²) in [4.78, 5) is 24.2. The average molecular weight is 315 g/mol. The number of carbonyl (C=O) groups is 2. The van der Waals surface area contributed by atoms with Crippen molar-refractivity contribution in [2.45, 2.75) is 45.6 Å². The first-order valence-corrected chi connectivity index (χ1v) is 8.63. The molecule has 2 saturated carbocycles. The van der Waals surface area contributed by atoms with Crippen molar-refractivity contribution in [3.05, 3.63) is 35.4 Å². The van der Waals surface area contributed by atoms with Gasteiger partial charge in [-0.3, -0.25) is 9.59 Å². The first-order chi connectivity index (χ1) is 11.0. The number of hydrogen-bond donors (Lipinski definition) is 2. The monoisotopic (exact) mass is 315 g/mol. The number of hydrogen-bond acceptors (Lipinski definition) is 2. The molecule has 0 spiro atoms. The first-order valence-electron chi connectivity index (χ1n) is 8.63. The number of fused-ring (bicyclic) bond motifs is 2. The number of aryl methyl sites for hydroxylation is 1. The van der Waals surface area contributed by atoms with E-state index in [0.717, 1.165) is 31.2 Å². The predicted molar refractivity (Wildman–Crippen MR) is 87.8 cm³/mol. The van der Waals surface area contributed by atoms with Gasteiger partial charge in [0.1, 0.15) is 0 Å². The Kier molecular flexibility index (Phi) is 4.42. The Bertz CT molecular complexity index is 595. The predicted octanol–water partition coefficient (Wildman–Crippen LogP) is 3.17. The van der Waals surface area contributed by atoms with E-state index in [1.54, 1.807) is 0 Å². The Balaban J connectivity index is 1.69. The van der Waals surface area contributed by atoms with Crippen molar-refractivity contribution in [3.8, 4) is 0 Å². The van der Waals surface area contributed by atoms with Gasteiger partial charge in [-0.2, -0.15) is 0 Å². The Morgan fingerprint density at radius 2 is 1.78 bits per heavy atom. The van der Waals surface area contributed by atoms with Crippen LogP contribution in [0.5, 0.6) is 0 Å². The number of carbonyl (C=O) groups excluding carboxylic acids is 1. The average Bonchev–Trinajstić information content (AvgIpc) is 3.15. The molecule has 1 aromatic rings. The quantitative estimate of drug-likeness (QED) is 0.877. The number of carboxylic acid groups (broad SMARTS) is 1. The second-order valence-corrected chi connectivity index (χ2v) is 7.05. The fraction of sp³-hybridized carbons (Fsp3) is 0.579. The van der Waals surface area contributed by atoms with E-state index >= 15 is 0 Å². The summed E-state index contributed by atoms with van der Waals surface area (Å²) < 4.78 is 0. The molecule has 0 heterocycles. The number of nitrogens with one attached hydrogen (secondary N) is 1. The lowest BCUT2D eigenvalue weighted by molar-refractivity contribution is -0.149. The molecule has 0 saturated heterocycles. The number of rotatable bonds is 5. The maximum Gasteiger partial charge on any atom is 0.307 e. The molecule has 124 valence electrons. The SMILES string of the molecule is CCc1ccc([C@H](C)NC(=O)[C@@H]2[C@H]3CC[C@@H](C3)[C@H]2C(=O)O)cc1. The molecule has 2 N–H and O–H groups in total. The zero-order valence-corrected chi connectivity index (χ0v) is 13.8. The zero-order valence-electron chi connectivity index (χ0n) is 13.8. The summed E-state index contributed by atoms with van der Waals surface area (Å²) in [5.74, 6) is -1.32. The summed E-state index contributed by atoms with van der Waals surface area (Å²) in [7, 11) is 0. The third-order valence-corrected chi connectivity index (χ3v) is 5.75. The third-order valence-electron chi connectivity index (χ3n) is 5.75. The molecule has 0 radical (unpaired) electrons. The maximum absolute atomic E-state index is 12.7. The van der Waals surface area contributed by atoms with Crippen LogP contribution in [0.25, 0.3) is 0 Å². The second-order valence-electron chi connectivity index (χ2n) is 7.05. The van der Waals surface area contributed by atoms with Crippen molar-refractivity contribution >= 4 is 11.9 Å². The fourth-order valence-electron chi connectivity index (χ4n) is 4.46. The van der Waals surface area contributed by atoms with Gasteiger partial charge < -0.3 is 10.4 Å². The third kappa shape index (κ3) is 2.99. The van der Waals surface area contributed by atoms with Gasteiger partial charge in [0.2, 0.25) is 5.91 Å². The molecular weight excluding hydrogens is 290 g/mol. The first kappa shape index (κ1) is 16.0. The van der Waals surface area contributed by atoms with Gasteiger partial charge in [0.05, 0.1) is 17.9 Å². The van der Waals surface area contributed by atoms with Gasteiger partial charge in [0.15, 0.2) is 0 Å². The molecular formula is C19H25NO3. The highest BCUT2D eigenvalue weighted by molar-refractivity contribution is 5.86. The van der Waals surface area contributed by atoms with Crippen molar-refractivity contribution in [1.82, 2.24) is 5.32 Å². The van der Waals surface area contributed by atoms with E-state index in [0.29, 0.717) is 0 Å². The molecule has 0 unspecified atom stereocenters. The molecule has 2 bridgehead atoms. The van der Waals surface area contributed by atoms with Gasteiger partial charge in [0, 0.05) is 0 Å². The summed E-state index contributed by atoms with van der Waals surface area (Å²) in [6, 6.07) is 8.14. The minimum atomic E-state index is -0.808. The standard InChI is InChI=1S/C19H25NO3/c1-3-12-4-6-13(7-5-12)11(2)20-18(21)16-14-8-9-15(10-14)17(16)19(22)23/h4-7,11,14-17H,3,8-10H2,1-2H3,(H,20,21)(H,22,23)/t11-,14-,15-,16+,17+/m0/s1. The smallest absolute Gasteiger partial charge is 0.307 e. The molecule has 0 aromatic heterocycles. The summed E-state index contributed by atoms with van der Waals surface area (Å²) in [6.45, 7) is 4.07. The van der Waals surface area contributed by atoms with Gasteiger partial charge in [0.25, 0.3) is 0 Å². The van der Waals surface area contributed by atoms with Crippen LogP contribution in [0.3, 0.4) is 0 Å². The number of aliphatic carboxylic acids is 1. The molecule has 5 atom stereocenters. The maximum atomic E-state index is 12.7. The van der Waals surface area contributed by atoms with Crippen LogP contribution in [-0.2, 0) is 16.0 Å². The number of amides is 1. The summed E-state index contributed by atoms with van der Waals surface area (Å²) in [5.41, 5.74) is 2.33. The van der Waals surface area contributed by atoms with Crippen molar-refractivity contribution in [3.63, 3.8) is 0 Å². The van der Waals surface area contributed by atoms with Crippen LogP contribution in [0.1, 0.15) is 50.3 Å². The van der Waals surface area contributed by atoms with Crippen LogP contribution in [0.4, 0.5) is 0 Å². The lowest BCUT2D eigenvalue weighted by atomic mass is 9.78. The van der Waals surface area contributed by atoms with Gasteiger partial charge in [-0.25, -0.2) is 0 Å². The fourth-order valence-corrected chi connectivity index (χ4v) is 4.46. The minimum absolute atomic E-state index is 0.0864. The van der Waals surface area contributed by atoms with E-state index in [1.807, 2.05) is 19.1 Å². The van der Waals surface area contributed by atoms with E-state index in [4.69, 9.17) is 0 Å². The lowest BCUT2D eigenvalue weighted by Gasteiger charge is -2.28. The topological polar surface area (TPSA) is 66.4 Å². The minimum Gasteiger partial charge on any atom is -0.481 e. The van der Waals surface area contributed by atoms with Crippen molar-refractivity contribution in [2.24, 2.45) is 23.7 Å². The normalized spacial score (nSPS) is 30.2. The van der Waals surface area contributed by atoms with E-state index in [2.05, 4.69) is 24.4 Å². The van der Waals surface area contributed by atoms with Crippen molar-refractivity contribution < 1.29 is 14.7 Å². The Hall–Kier alpha value is -1.84. The van der Waals surface area contributed by atoms with E-state index in [-0.39, 0.29) is 29.7 Å². The molecule has 0 aliphatic heterocycles. The van der Waals surface area contributed by atoms with Gasteiger partial charge in [-0.05, 0) is 55.6 Å². The zero-order chi connectivity index (χ0) is 16.6. The Morgan fingerprint density at radius 3 is 2.35 bits per heavy atom. The van der Waals surface area contributed by atoms with Crippen LogP contribution in [-0.4, -0.2) is 17.0 Å². The Labute approximate surface area is 137 Å². The highest BCUT2D eigenvalue weighted by atomic mass is 16.4. The van der Waals surface area contributed by atoms with Crippen LogP contribution in [0.2, 0.25) is 0 Å². The van der Waals surface area contributed by atoms with E-state index < -0.39 is 11.9 Å². The largest absolute Gasteiger partial charge is 0.481 e. The molecule has 2 fully saturated rings. The molecule has 2 aliphatic rings. The molecule has 1 amide bonds. The van der Waals surface area contributed by atoms with Crippen molar-refractivity contribution in [2.75, 3.05) is 0 Å². The molecule has 23 heavy (non-hydrogen) atoms. The molecule has 4 heteroatoms. The summed E-state index contributed by atoms with van der Waals surface area (Å²) in [6.07, 6.45) is 3.84. The molecule has 2 aliphatic carbocycles. The Morgan fingerprint density at radius 1 is 1.17 bits per heavy atom.